The fourth-order valence-corrected chi connectivity index (χ4v) is 3.13. The van der Waals surface area contributed by atoms with E-state index < -0.39 is 0 Å². The molecule has 2 aromatic rings. The number of nitrogens with zero attached hydrogens (tertiary/aromatic N) is 2. The SMILES string of the molecule is NCCCc1nnc(-c2cc(Cl)cc(Br)c2)s1. The number of aromatic nitrogens is 2. The van der Waals surface area contributed by atoms with Gasteiger partial charge in [0, 0.05) is 21.5 Å². The Morgan fingerprint density at radius 3 is 2.82 bits per heavy atom. The molecule has 2 rings (SSSR count). The van der Waals surface area contributed by atoms with Crippen molar-refractivity contribution in [2.24, 2.45) is 5.73 Å². The van der Waals surface area contributed by atoms with Gasteiger partial charge in [-0.05, 0) is 31.2 Å². The van der Waals surface area contributed by atoms with Crippen LogP contribution in [0.4, 0.5) is 0 Å². The first-order chi connectivity index (χ1) is 8.19. The molecule has 0 amide bonds. The van der Waals surface area contributed by atoms with Crippen LogP contribution in [-0.4, -0.2) is 16.7 Å². The van der Waals surface area contributed by atoms with E-state index in [0.29, 0.717) is 11.6 Å². The van der Waals surface area contributed by atoms with Crippen molar-refractivity contribution in [3.05, 3.63) is 32.7 Å². The highest BCUT2D eigenvalue weighted by atomic mass is 79.9. The number of benzene rings is 1. The zero-order chi connectivity index (χ0) is 12.3. The predicted octanol–water partition coefficient (Wildman–Crippen LogP) is 3.51. The van der Waals surface area contributed by atoms with Gasteiger partial charge in [-0.2, -0.15) is 0 Å². The topological polar surface area (TPSA) is 51.8 Å². The first-order valence-corrected chi connectivity index (χ1v) is 7.16. The average molecular weight is 333 g/mol. The zero-order valence-electron chi connectivity index (χ0n) is 8.99. The molecule has 0 spiro atoms. The third-order valence-electron chi connectivity index (χ3n) is 2.17. The highest BCUT2D eigenvalue weighted by Crippen LogP contribution is 2.29. The Labute approximate surface area is 117 Å². The minimum Gasteiger partial charge on any atom is -0.330 e. The molecule has 17 heavy (non-hydrogen) atoms. The summed E-state index contributed by atoms with van der Waals surface area (Å²) < 4.78 is 0.943. The van der Waals surface area contributed by atoms with Crippen LogP contribution in [0.25, 0.3) is 10.6 Å². The lowest BCUT2D eigenvalue weighted by Gasteiger charge is -1.98. The van der Waals surface area contributed by atoms with Crippen molar-refractivity contribution in [3.8, 4) is 10.6 Å². The van der Waals surface area contributed by atoms with E-state index in [0.717, 1.165) is 32.9 Å². The Bertz CT molecular complexity index is 495. The van der Waals surface area contributed by atoms with E-state index in [2.05, 4.69) is 26.1 Å². The van der Waals surface area contributed by atoms with Crippen molar-refractivity contribution in [2.75, 3.05) is 6.54 Å². The van der Waals surface area contributed by atoms with E-state index >= 15 is 0 Å². The number of aryl methyl sites for hydroxylation is 1. The molecule has 0 atom stereocenters. The van der Waals surface area contributed by atoms with Crippen molar-refractivity contribution in [2.45, 2.75) is 12.8 Å². The maximum Gasteiger partial charge on any atom is 0.147 e. The molecule has 0 unspecified atom stereocenters. The lowest BCUT2D eigenvalue weighted by molar-refractivity contribution is 0.812. The molecule has 0 fully saturated rings. The largest absolute Gasteiger partial charge is 0.330 e. The lowest BCUT2D eigenvalue weighted by atomic mass is 10.2. The van der Waals surface area contributed by atoms with Gasteiger partial charge in [0.15, 0.2) is 0 Å². The van der Waals surface area contributed by atoms with E-state index in [9.17, 15) is 0 Å². The van der Waals surface area contributed by atoms with Crippen LogP contribution in [0.5, 0.6) is 0 Å². The fourth-order valence-electron chi connectivity index (χ4n) is 1.40. The average Bonchev–Trinajstić information content (AvgIpc) is 2.73. The molecule has 0 aliphatic carbocycles. The second kappa shape index (κ2) is 5.91. The van der Waals surface area contributed by atoms with Crippen molar-refractivity contribution < 1.29 is 0 Å². The van der Waals surface area contributed by atoms with Crippen LogP contribution in [-0.2, 0) is 6.42 Å². The van der Waals surface area contributed by atoms with Gasteiger partial charge in [-0.25, -0.2) is 0 Å². The summed E-state index contributed by atoms with van der Waals surface area (Å²) in [5.41, 5.74) is 6.45. The van der Waals surface area contributed by atoms with Crippen LogP contribution < -0.4 is 5.73 Å². The van der Waals surface area contributed by atoms with E-state index in [4.69, 9.17) is 17.3 Å². The van der Waals surface area contributed by atoms with Crippen molar-refractivity contribution >= 4 is 38.9 Å². The molecule has 0 saturated heterocycles. The molecule has 0 radical (unpaired) electrons. The first-order valence-electron chi connectivity index (χ1n) is 5.18. The van der Waals surface area contributed by atoms with Crippen LogP contribution in [0.15, 0.2) is 22.7 Å². The molecule has 0 saturated carbocycles. The number of nitrogens with two attached hydrogens (primary N) is 1. The fraction of sp³-hybridized carbons (Fsp3) is 0.273. The van der Waals surface area contributed by atoms with Gasteiger partial charge in [-0.1, -0.05) is 38.9 Å². The van der Waals surface area contributed by atoms with E-state index in [1.54, 1.807) is 11.3 Å². The highest BCUT2D eigenvalue weighted by molar-refractivity contribution is 9.10. The molecule has 2 N–H and O–H groups in total. The van der Waals surface area contributed by atoms with Gasteiger partial charge >= 0.3 is 0 Å². The molecule has 0 aliphatic rings. The second-order valence-corrected chi connectivity index (χ2v) is 5.97. The predicted molar refractivity (Wildman–Crippen MR) is 75.4 cm³/mol. The highest BCUT2D eigenvalue weighted by Gasteiger charge is 2.08. The molecular formula is C11H11BrClN3S. The van der Waals surface area contributed by atoms with Crippen LogP contribution in [0, 0.1) is 0 Å². The van der Waals surface area contributed by atoms with E-state index in [-0.39, 0.29) is 0 Å². The van der Waals surface area contributed by atoms with Crippen LogP contribution in [0.1, 0.15) is 11.4 Å². The summed E-state index contributed by atoms with van der Waals surface area (Å²) in [5, 5.41) is 10.9. The Morgan fingerprint density at radius 1 is 1.29 bits per heavy atom. The van der Waals surface area contributed by atoms with Crippen molar-refractivity contribution in [1.29, 1.82) is 0 Å². The summed E-state index contributed by atoms with van der Waals surface area (Å²) in [4.78, 5) is 0. The van der Waals surface area contributed by atoms with Gasteiger partial charge in [-0.3, -0.25) is 0 Å². The third kappa shape index (κ3) is 3.48. The zero-order valence-corrected chi connectivity index (χ0v) is 12.1. The summed E-state index contributed by atoms with van der Waals surface area (Å²) in [6, 6.07) is 5.72. The van der Waals surface area contributed by atoms with E-state index in [1.807, 2.05) is 18.2 Å². The summed E-state index contributed by atoms with van der Waals surface area (Å²) in [6.07, 6.45) is 1.82. The minimum atomic E-state index is 0.678. The van der Waals surface area contributed by atoms with Crippen molar-refractivity contribution in [3.63, 3.8) is 0 Å². The van der Waals surface area contributed by atoms with Gasteiger partial charge < -0.3 is 5.73 Å². The third-order valence-corrected chi connectivity index (χ3v) is 3.88. The normalized spacial score (nSPS) is 10.8. The molecular weight excluding hydrogens is 322 g/mol. The van der Waals surface area contributed by atoms with Crippen LogP contribution >= 0.6 is 38.9 Å². The van der Waals surface area contributed by atoms with Gasteiger partial charge in [0.25, 0.3) is 0 Å². The smallest absolute Gasteiger partial charge is 0.147 e. The van der Waals surface area contributed by atoms with Crippen LogP contribution in [0.2, 0.25) is 5.02 Å². The lowest BCUT2D eigenvalue weighted by Crippen LogP contribution is -1.99. The Hall–Kier alpha value is -0.490. The summed E-state index contributed by atoms with van der Waals surface area (Å²) >= 11 is 11.0. The first kappa shape index (κ1) is 13.0. The van der Waals surface area contributed by atoms with Gasteiger partial charge in [0.1, 0.15) is 10.0 Å². The number of hydrogen-bond acceptors (Lipinski definition) is 4. The molecule has 1 aromatic carbocycles. The maximum atomic E-state index is 6.00. The summed E-state index contributed by atoms with van der Waals surface area (Å²) in [5.74, 6) is 0. The summed E-state index contributed by atoms with van der Waals surface area (Å²) in [6.45, 7) is 0.678. The van der Waals surface area contributed by atoms with Crippen LogP contribution in [0.3, 0.4) is 0 Å². The molecule has 0 aliphatic heterocycles. The quantitative estimate of drug-likeness (QED) is 0.932. The molecule has 3 nitrogen and oxygen atoms in total. The Morgan fingerprint density at radius 2 is 2.12 bits per heavy atom. The minimum absolute atomic E-state index is 0.678. The maximum absolute atomic E-state index is 6.00. The molecule has 6 heteroatoms. The van der Waals surface area contributed by atoms with Gasteiger partial charge in [0.05, 0.1) is 0 Å². The van der Waals surface area contributed by atoms with Gasteiger partial charge in [0.2, 0.25) is 0 Å². The molecule has 1 aromatic heterocycles. The number of rotatable bonds is 4. The second-order valence-electron chi connectivity index (χ2n) is 3.55. The number of hydrogen-bond donors (Lipinski definition) is 1. The Balaban J connectivity index is 2.24. The standard InChI is InChI=1S/C11H11BrClN3S/c12-8-4-7(5-9(13)6-8)11-16-15-10(17-11)2-1-3-14/h4-6H,1-3,14H2. The molecule has 1 heterocycles. The van der Waals surface area contributed by atoms with Crippen molar-refractivity contribution in [1.82, 2.24) is 10.2 Å². The summed E-state index contributed by atoms with van der Waals surface area (Å²) in [7, 11) is 0. The molecule has 0 bridgehead atoms. The molecule has 90 valence electrons. The number of halogens is 2. The Kier molecular flexibility index (Phi) is 4.50. The van der Waals surface area contributed by atoms with E-state index in [1.165, 1.54) is 0 Å². The van der Waals surface area contributed by atoms with Gasteiger partial charge in [-0.15, -0.1) is 10.2 Å². The monoisotopic (exact) mass is 331 g/mol.